The highest BCUT2D eigenvalue weighted by Crippen LogP contribution is 2.28. The molecule has 0 aliphatic carbocycles. The molecule has 0 saturated heterocycles. The van der Waals surface area contributed by atoms with E-state index in [1.54, 1.807) is 43.6 Å². The molecule has 0 saturated carbocycles. The molecule has 0 aliphatic rings. The minimum absolute atomic E-state index is 0.170. The van der Waals surface area contributed by atoms with Crippen molar-refractivity contribution in [3.8, 4) is 11.5 Å². The van der Waals surface area contributed by atoms with Crippen LogP contribution in [0.15, 0.2) is 41.8 Å². The molecule has 38 heavy (non-hydrogen) atoms. The van der Waals surface area contributed by atoms with E-state index in [4.69, 9.17) is 14.2 Å². The first kappa shape index (κ1) is 28.9. The zero-order chi connectivity index (χ0) is 27.7. The van der Waals surface area contributed by atoms with Gasteiger partial charge in [-0.3, -0.25) is 4.79 Å². The number of hydrogen-bond donors (Lipinski definition) is 1. The maximum atomic E-state index is 13.1. The second kappa shape index (κ2) is 13.8. The van der Waals surface area contributed by atoms with Gasteiger partial charge in [-0.1, -0.05) is 24.3 Å². The summed E-state index contributed by atoms with van der Waals surface area (Å²) in [4.78, 5) is 34.0. The Morgan fingerprint density at radius 1 is 1.00 bits per heavy atom. The molecule has 9 nitrogen and oxygen atoms in total. The number of carbonyl (C=O) groups is 2. The van der Waals surface area contributed by atoms with Gasteiger partial charge in [0.25, 0.3) is 5.91 Å². The maximum Gasteiger partial charge on any atom is 0.322 e. The zero-order valence-corrected chi connectivity index (χ0v) is 23.7. The quantitative estimate of drug-likeness (QED) is 0.356. The first-order valence-electron chi connectivity index (χ1n) is 12.3. The number of thiazole rings is 1. The Morgan fingerprint density at radius 2 is 1.71 bits per heavy atom. The van der Waals surface area contributed by atoms with E-state index in [9.17, 15) is 9.59 Å². The fraction of sp³-hybridized carbons (Fsp3) is 0.393. The Labute approximate surface area is 228 Å². The smallest absolute Gasteiger partial charge is 0.322 e. The summed E-state index contributed by atoms with van der Waals surface area (Å²) in [7, 11) is 6.55. The lowest BCUT2D eigenvalue weighted by Gasteiger charge is -2.23. The molecule has 0 bridgehead atoms. The van der Waals surface area contributed by atoms with E-state index in [1.165, 1.54) is 11.3 Å². The number of nitrogens with one attached hydrogen (secondary N) is 1. The molecule has 3 rings (SSSR count). The summed E-state index contributed by atoms with van der Waals surface area (Å²) < 4.78 is 15.9. The molecule has 3 amide bonds. The minimum atomic E-state index is -0.241. The van der Waals surface area contributed by atoms with Crippen LogP contribution in [0.3, 0.4) is 0 Å². The van der Waals surface area contributed by atoms with Crippen LogP contribution in [0.1, 0.15) is 32.2 Å². The number of benzene rings is 2. The van der Waals surface area contributed by atoms with Gasteiger partial charge in [-0.05, 0) is 49.1 Å². The summed E-state index contributed by atoms with van der Waals surface area (Å²) in [5.41, 5.74) is 4.17. The van der Waals surface area contributed by atoms with E-state index in [2.05, 4.69) is 10.3 Å². The third kappa shape index (κ3) is 7.45. The van der Waals surface area contributed by atoms with Crippen molar-refractivity contribution in [1.29, 1.82) is 0 Å². The fourth-order valence-corrected chi connectivity index (χ4v) is 4.71. The number of hydrogen-bond acceptors (Lipinski definition) is 7. The van der Waals surface area contributed by atoms with Gasteiger partial charge in [0.05, 0.1) is 27.4 Å². The van der Waals surface area contributed by atoms with Gasteiger partial charge >= 0.3 is 6.03 Å². The number of carbonyl (C=O) groups excluding carboxylic acids is 2. The van der Waals surface area contributed by atoms with Gasteiger partial charge in [-0.2, -0.15) is 0 Å². The molecule has 204 valence electrons. The van der Waals surface area contributed by atoms with Crippen molar-refractivity contribution >= 4 is 29.0 Å². The van der Waals surface area contributed by atoms with Crippen LogP contribution in [0.4, 0.5) is 10.5 Å². The average molecular weight is 541 g/mol. The van der Waals surface area contributed by atoms with Crippen LogP contribution in [0.25, 0.3) is 0 Å². The van der Waals surface area contributed by atoms with Gasteiger partial charge in [0.1, 0.15) is 10.7 Å². The highest BCUT2D eigenvalue weighted by Gasteiger charge is 2.20. The number of rotatable bonds is 12. The Kier molecular flexibility index (Phi) is 10.5. The van der Waals surface area contributed by atoms with Crippen molar-refractivity contribution in [3.63, 3.8) is 0 Å². The van der Waals surface area contributed by atoms with E-state index in [0.29, 0.717) is 48.3 Å². The number of aromatic nitrogens is 1. The van der Waals surface area contributed by atoms with Crippen molar-refractivity contribution in [2.45, 2.75) is 26.8 Å². The zero-order valence-electron chi connectivity index (χ0n) is 22.9. The van der Waals surface area contributed by atoms with Crippen LogP contribution in [0, 0.1) is 13.8 Å². The summed E-state index contributed by atoms with van der Waals surface area (Å²) in [6, 6.07) is 11.4. The fourth-order valence-electron chi connectivity index (χ4n) is 3.93. The molecule has 1 aromatic heterocycles. The monoisotopic (exact) mass is 540 g/mol. The molecule has 3 aromatic rings. The third-order valence-corrected chi connectivity index (χ3v) is 7.03. The van der Waals surface area contributed by atoms with E-state index >= 15 is 0 Å². The Bertz CT molecular complexity index is 1230. The molecular weight excluding hydrogens is 504 g/mol. The highest BCUT2D eigenvalue weighted by atomic mass is 32.1. The van der Waals surface area contributed by atoms with Crippen molar-refractivity contribution in [2.75, 3.05) is 53.4 Å². The molecule has 0 fully saturated rings. The average Bonchev–Trinajstić information content (AvgIpc) is 3.39. The standard InChI is InChI=1S/C28H36N4O5S/c1-19-8-7-9-20(2)26(19)30-28(34)32(14-15-35-4)17-25-29-22(18-38-25)27(33)31(3)13-12-21-10-11-23(36-5)24(16-21)37-6/h7-11,16,18H,12-15,17H2,1-6H3,(H,30,34). The van der Waals surface area contributed by atoms with Gasteiger partial charge < -0.3 is 29.3 Å². The lowest BCUT2D eigenvalue weighted by atomic mass is 10.1. The van der Waals surface area contributed by atoms with E-state index in [-0.39, 0.29) is 18.5 Å². The van der Waals surface area contributed by atoms with E-state index in [0.717, 1.165) is 22.4 Å². The third-order valence-electron chi connectivity index (χ3n) is 6.19. The molecule has 0 radical (unpaired) electrons. The molecule has 2 aromatic carbocycles. The summed E-state index contributed by atoms with van der Waals surface area (Å²) in [5.74, 6) is 1.15. The topological polar surface area (TPSA) is 93.2 Å². The van der Waals surface area contributed by atoms with E-state index < -0.39 is 0 Å². The summed E-state index contributed by atoms with van der Waals surface area (Å²) in [5, 5.41) is 5.43. The van der Waals surface area contributed by atoms with Crippen LogP contribution in [0.5, 0.6) is 11.5 Å². The minimum Gasteiger partial charge on any atom is -0.493 e. The van der Waals surface area contributed by atoms with E-state index in [1.807, 2.05) is 50.2 Å². The molecule has 10 heteroatoms. The first-order valence-corrected chi connectivity index (χ1v) is 13.2. The normalized spacial score (nSPS) is 10.7. The second-order valence-electron chi connectivity index (χ2n) is 8.90. The lowest BCUT2D eigenvalue weighted by molar-refractivity contribution is 0.0791. The van der Waals surface area contributed by atoms with Crippen molar-refractivity contribution in [2.24, 2.45) is 0 Å². The van der Waals surface area contributed by atoms with Crippen LogP contribution in [0.2, 0.25) is 0 Å². The lowest BCUT2D eigenvalue weighted by Crippen LogP contribution is -2.37. The molecule has 1 N–H and O–H groups in total. The van der Waals surface area contributed by atoms with Gasteiger partial charge in [0.15, 0.2) is 11.5 Å². The Morgan fingerprint density at radius 3 is 2.37 bits per heavy atom. The molecule has 1 heterocycles. The van der Waals surface area contributed by atoms with Crippen molar-refractivity contribution in [1.82, 2.24) is 14.8 Å². The number of para-hydroxylation sites is 1. The Balaban J connectivity index is 1.63. The molecule has 0 spiro atoms. The number of urea groups is 1. The molecule has 0 atom stereocenters. The maximum absolute atomic E-state index is 13.1. The van der Waals surface area contributed by atoms with Gasteiger partial charge in [-0.25, -0.2) is 9.78 Å². The van der Waals surface area contributed by atoms with Crippen LogP contribution < -0.4 is 14.8 Å². The van der Waals surface area contributed by atoms with Crippen molar-refractivity contribution in [3.05, 3.63) is 69.2 Å². The SMILES string of the molecule is COCCN(Cc1nc(C(=O)N(C)CCc2ccc(OC)c(OC)c2)cs1)C(=O)Nc1c(C)cccc1C. The molecular formula is C28H36N4O5S. The van der Waals surface area contributed by atoms with Gasteiger partial charge in [-0.15, -0.1) is 11.3 Å². The van der Waals surface area contributed by atoms with Crippen LogP contribution >= 0.6 is 11.3 Å². The molecule has 0 aliphatic heterocycles. The number of methoxy groups -OCH3 is 3. The van der Waals surface area contributed by atoms with Crippen molar-refractivity contribution < 1.29 is 23.8 Å². The number of ether oxygens (including phenoxy) is 3. The summed E-state index contributed by atoms with van der Waals surface area (Å²) in [6.45, 7) is 5.48. The summed E-state index contributed by atoms with van der Waals surface area (Å²) in [6.07, 6.45) is 0.656. The van der Waals surface area contributed by atoms with Gasteiger partial charge in [0, 0.05) is 38.3 Å². The predicted molar refractivity (Wildman–Crippen MR) is 150 cm³/mol. The number of amides is 3. The molecule has 0 unspecified atom stereocenters. The van der Waals surface area contributed by atoms with Gasteiger partial charge in [0.2, 0.25) is 0 Å². The number of aryl methyl sites for hydroxylation is 2. The largest absolute Gasteiger partial charge is 0.493 e. The highest BCUT2D eigenvalue weighted by molar-refractivity contribution is 7.09. The number of anilines is 1. The second-order valence-corrected chi connectivity index (χ2v) is 9.85. The Hall–Kier alpha value is -3.63. The number of likely N-dealkylation sites (N-methyl/N-ethyl adjacent to an activating group) is 1. The number of nitrogens with zero attached hydrogens (tertiary/aromatic N) is 3. The summed E-state index contributed by atoms with van der Waals surface area (Å²) >= 11 is 1.36. The predicted octanol–water partition coefficient (Wildman–Crippen LogP) is 4.77. The van der Waals surface area contributed by atoms with Crippen LogP contribution in [-0.2, 0) is 17.7 Å². The van der Waals surface area contributed by atoms with Crippen LogP contribution in [-0.4, -0.2) is 74.8 Å². The first-order chi connectivity index (χ1) is 18.3.